The molecule has 2 saturated heterocycles. The topological polar surface area (TPSA) is 124 Å². The molecule has 8 nitrogen and oxygen atoms in total. The van der Waals surface area contributed by atoms with E-state index < -0.39 is 42.2 Å². The van der Waals surface area contributed by atoms with Gasteiger partial charge in [-0.05, 0) is 0 Å². The predicted octanol–water partition coefficient (Wildman–Crippen LogP) is -2.26. The van der Waals surface area contributed by atoms with E-state index in [1.54, 1.807) is 0 Å². The molecule has 0 radical (unpaired) electrons. The maximum absolute atomic E-state index is 11.8. The molecule has 2 rings (SSSR count). The molecule has 8 heteroatoms. The number of hydrogen-bond acceptors (Lipinski definition) is 8. The number of methoxy groups -OCH3 is 2. The highest BCUT2D eigenvalue weighted by atomic mass is 16.7. The summed E-state index contributed by atoms with van der Waals surface area (Å²) in [4.78, 5) is 11.8. The van der Waals surface area contributed by atoms with Gasteiger partial charge >= 0.3 is 5.97 Å². The van der Waals surface area contributed by atoms with Crippen LogP contribution in [0.1, 0.15) is 6.42 Å². The van der Waals surface area contributed by atoms with Crippen LogP contribution in [0.4, 0.5) is 0 Å². The molecular weight excluding hydrogens is 258 g/mol. The SMILES string of the molecule is COC(=O)C1(OC)CC(O)C(N)C(C(O)C2CO2)O1. The van der Waals surface area contributed by atoms with Gasteiger partial charge in [-0.25, -0.2) is 4.79 Å². The van der Waals surface area contributed by atoms with Crippen molar-refractivity contribution in [3.8, 4) is 0 Å². The van der Waals surface area contributed by atoms with Gasteiger partial charge in [0.1, 0.15) is 18.3 Å². The molecule has 2 aliphatic rings. The van der Waals surface area contributed by atoms with Gasteiger partial charge in [0.15, 0.2) is 0 Å². The van der Waals surface area contributed by atoms with Crippen molar-refractivity contribution in [3.05, 3.63) is 0 Å². The fraction of sp³-hybridized carbons (Fsp3) is 0.909. The molecule has 2 aliphatic heterocycles. The maximum Gasteiger partial charge on any atom is 0.366 e. The van der Waals surface area contributed by atoms with Gasteiger partial charge in [-0.15, -0.1) is 0 Å². The minimum absolute atomic E-state index is 0.161. The van der Waals surface area contributed by atoms with Crippen LogP contribution in [0.15, 0.2) is 0 Å². The van der Waals surface area contributed by atoms with Gasteiger partial charge in [0, 0.05) is 13.5 Å². The Hall–Kier alpha value is -0.770. The molecule has 4 N–H and O–H groups in total. The van der Waals surface area contributed by atoms with Gasteiger partial charge in [-0.1, -0.05) is 0 Å². The lowest BCUT2D eigenvalue weighted by Gasteiger charge is -2.44. The molecule has 0 spiro atoms. The second kappa shape index (κ2) is 5.31. The number of rotatable bonds is 4. The fourth-order valence-electron chi connectivity index (χ4n) is 2.24. The molecule has 0 amide bonds. The van der Waals surface area contributed by atoms with E-state index in [1.807, 2.05) is 0 Å². The van der Waals surface area contributed by atoms with Crippen LogP contribution >= 0.6 is 0 Å². The minimum atomic E-state index is -1.76. The monoisotopic (exact) mass is 277 g/mol. The molecule has 6 unspecified atom stereocenters. The molecule has 0 bridgehead atoms. The molecule has 0 aliphatic carbocycles. The molecule has 2 heterocycles. The number of ether oxygens (including phenoxy) is 4. The van der Waals surface area contributed by atoms with E-state index in [9.17, 15) is 15.0 Å². The normalized spacial score (nSPS) is 43.6. The summed E-state index contributed by atoms with van der Waals surface area (Å²) in [6.45, 7) is 0.391. The van der Waals surface area contributed by atoms with Crippen molar-refractivity contribution in [3.63, 3.8) is 0 Å². The summed E-state index contributed by atoms with van der Waals surface area (Å²) in [6.07, 6.45) is -3.63. The third-order valence-electron chi connectivity index (χ3n) is 3.53. The van der Waals surface area contributed by atoms with Crippen molar-refractivity contribution in [2.75, 3.05) is 20.8 Å². The number of carbonyl (C=O) groups is 1. The summed E-state index contributed by atoms with van der Waals surface area (Å²) in [5, 5.41) is 20.0. The Balaban J connectivity index is 2.20. The van der Waals surface area contributed by atoms with Crippen molar-refractivity contribution >= 4 is 5.97 Å². The highest BCUT2D eigenvalue weighted by Gasteiger charge is 2.55. The first-order valence-electron chi connectivity index (χ1n) is 6.00. The summed E-state index contributed by atoms with van der Waals surface area (Å²) >= 11 is 0. The molecule has 0 aromatic carbocycles. The number of nitrogens with two attached hydrogens (primary N) is 1. The van der Waals surface area contributed by atoms with E-state index >= 15 is 0 Å². The van der Waals surface area contributed by atoms with Gasteiger partial charge in [-0.3, -0.25) is 0 Å². The van der Waals surface area contributed by atoms with Crippen molar-refractivity contribution in [1.82, 2.24) is 0 Å². The Kier molecular flexibility index (Phi) is 4.09. The number of aliphatic hydroxyl groups excluding tert-OH is 2. The third kappa shape index (κ3) is 2.60. The van der Waals surface area contributed by atoms with Gasteiger partial charge in [-0.2, -0.15) is 0 Å². The Morgan fingerprint density at radius 3 is 2.63 bits per heavy atom. The van der Waals surface area contributed by atoms with Gasteiger partial charge < -0.3 is 34.9 Å². The van der Waals surface area contributed by atoms with Crippen molar-refractivity contribution in [2.45, 2.75) is 42.7 Å². The Bertz CT molecular complexity index is 344. The zero-order valence-electron chi connectivity index (χ0n) is 10.8. The summed E-state index contributed by atoms with van der Waals surface area (Å²) in [5.74, 6) is -2.54. The zero-order valence-corrected chi connectivity index (χ0v) is 10.8. The quantitative estimate of drug-likeness (QED) is 0.388. The molecule has 0 aromatic rings. The third-order valence-corrected chi connectivity index (χ3v) is 3.53. The van der Waals surface area contributed by atoms with E-state index in [0.717, 1.165) is 0 Å². The summed E-state index contributed by atoms with van der Waals surface area (Å²) in [5.41, 5.74) is 5.81. The highest BCUT2D eigenvalue weighted by molar-refractivity contribution is 5.78. The summed E-state index contributed by atoms with van der Waals surface area (Å²) in [7, 11) is 2.44. The van der Waals surface area contributed by atoms with Crippen LogP contribution in [0.5, 0.6) is 0 Å². The molecule has 0 aromatic heterocycles. The number of esters is 1. The first-order valence-corrected chi connectivity index (χ1v) is 6.00. The molecule has 110 valence electrons. The van der Waals surface area contributed by atoms with Crippen LogP contribution in [0.3, 0.4) is 0 Å². The molecule has 2 fully saturated rings. The van der Waals surface area contributed by atoms with Gasteiger partial charge in [0.2, 0.25) is 0 Å². The van der Waals surface area contributed by atoms with Crippen LogP contribution in [-0.4, -0.2) is 73.3 Å². The Morgan fingerprint density at radius 1 is 1.53 bits per heavy atom. The van der Waals surface area contributed by atoms with Gasteiger partial charge in [0.05, 0.1) is 25.9 Å². The smallest absolute Gasteiger partial charge is 0.366 e. The highest BCUT2D eigenvalue weighted by Crippen LogP contribution is 2.34. The van der Waals surface area contributed by atoms with Crippen LogP contribution in [0, 0.1) is 0 Å². The number of hydrogen-bond donors (Lipinski definition) is 3. The Morgan fingerprint density at radius 2 is 2.16 bits per heavy atom. The first-order chi connectivity index (χ1) is 8.95. The molecule has 0 saturated carbocycles. The number of aliphatic hydroxyl groups is 2. The average Bonchev–Trinajstić information content (AvgIpc) is 3.24. The standard InChI is InChI=1S/C11H19NO7/c1-16-10(15)11(17-2)3-5(13)7(12)9(19-11)8(14)6-4-18-6/h5-9,13-14H,3-4,12H2,1-2H3. The van der Waals surface area contributed by atoms with Crippen LogP contribution in [0.25, 0.3) is 0 Å². The maximum atomic E-state index is 11.8. The predicted molar refractivity (Wildman–Crippen MR) is 61.0 cm³/mol. The zero-order chi connectivity index (χ0) is 14.2. The van der Waals surface area contributed by atoms with E-state index in [4.69, 9.17) is 19.9 Å². The second-order valence-corrected chi connectivity index (χ2v) is 4.74. The fourth-order valence-corrected chi connectivity index (χ4v) is 2.24. The van der Waals surface area contributed by atoms with Crippen LogP contribution < -0.4 is 5.73 Å². The lowest BCUT2D eigenvalue weighted by molar-refractivity contribution is -0.298. The Labute approximate surface area is 110 Å². The molecule has 6 atom stereocenters. The minimum Gasteiger partial charge on any atom is -0.465 e. The lowest BCUT2D eigenvalue weighted by atomic mass is 9.90. The van der Waals surface area contributed by atoms with E-state index in [2.05, 4.69) is 4.74 Å². The first kappa shape index (κ1) is 14.6. The van der Waals surface area contributed by atoms with Crippen molar-refractivity contribution in [1.29, 1.82) is 0 Å². The number of epoxide rings is 1. The lowest BCUT2D eigenvalue weighted by Crippen LogP contribution is -2.65. The van der Waals surface area contributed by atoms with Crippen LogP contribution in [-0.2, 0) is 23.7 Å². The molecular formula is C11H19NO7. The van der Waals surface area contributed by atoms with Crippen molar-refractivity contribution < 1.29 is 34.0 Å². The average molecular weight is 277 g/mol. The van der Waals surface area contributed by atoms with Crippen molar-refractivity contribution in [2.24, 2.45) is 5.73 Å². The largest absolute Gasteiger partial charge is 0.465 e. The second-order valence-electron chi connectivity index (χ2n) is 4.74. The summed E-state index contributed by atoms with van der Waals surface area (Å²) < 4.78 is 20.2. The molecule has 19 heavy (non-hydrogen) atoms. The van der Waals surface area contributed by atoms with E-state index in [1.165, 1.54) is 14.2 Å². The van der Waals surface area contributed by atoms with E-state index in [0.29, 0.717) is 6.61 Å². The van der Waals surface area contributed by atoms with E-state index in [-0.39, 0.29) is 6.42 Å². The summed E-state index contributed by atoms with van der Waals surface area (Å²) in [6, 6.07) is -0.841. The number of carbonyl (C=O) groups excluding carboxylic acids is 1. The van der Waals surface area contributed by atoms with Gasteiger partial charge in [0.25, 0.3) is 5.79 Å². The van der Waals surface area contributed by atoms with Crippen LogP contribution in [0.2, 0.25) is 0 Å².